The lowest BCUT2D eigenvalue weighted by molar-refractivity contribution is 0.248. The van der Waals surface area contributed by atoms with E-state index in [2.05, 4.69) is 98.5 Å². The molecule has 0 saturated heterocycles. The Morgan fingerprint density at radius 1 is 0.853 bits per heavy atom. The summed E-state index contributed by atoms with van der Waals surface area (Å²) in [6, 6.07) is 23.1. The minimum Gasteiger partial charge on any atom is -0.487 e. The van der Waals surface area contributed by atoms with Crippen LogP contribution in [-0.2, 0) is 12.0 Å². The second kappa shape index (κ2) is 9.37. The summed E-state index contributed by atoms with van der Waals surface area (Å²) in [7, 11) is 0. The van der Waals surface area contributed by atoms with Gasteiger partial charge >= 0.3 is 0 Å². The fraction of sp³-hybridized carbons (Fsp3) is 0.357. The van der Waals surface area contributed by atoms with Gasteiger partial charge in [0.05, 0.1) is 11.7 Å². The molecule has 2 aromatic heterocycles. The summed E-state index contributed by atoms with van der Waals surface area (Å²) >= 11 is 0. The lowest BCUT2D eigenvalue weighted by Crippen LogP contribution is -2.38. The molecule has 0 spiro atoms. The van der Waals surface area contributed by atoms with Crippen LogP contribution in [0.25, 0.3) is 11.4 Å². The van der Waals surface area contributed by atoms with Gasteiger partial charge in [-0.2, -0.15) is 0 Å². The van der Waals surface area contributed by atoms with Gasteiger partial charge in [-0.15, -0.1) is 5.10 Å². The Labute approximate surface area is 202 Å². The number of hydrogen-bond donors (Lipinski definition) is 0. The van der Waals surface area contributed by atoms with Crippen molar-refractivity contribution in [3.63, 3.8) is 0 Å². The van der Waals surface area contributed by atoms with E-state index in [1.54, 1.807) is 6.20 Å². The van der Waals surface area contributed by atoms with Crippen LogP contribution in [0.1, 0.15) is 64.4 Å². The third-order valence-corrected chi connectivity index (χ3v) is 6.75. The van der Waals surface area contributed by atoms with Gasteiger partial charge in [0.2, 0.25) is 0 Å². The van der Waals surface area contributed by atoms with Gasteiger partial charge in [-0.1, -0.05) is 70.2 Å². The molecule has 0 fully saturated rings. The number of tetrazole rings is 1. The number of pyridine rings is 1. The van der Waals surface area contributed by atoms with Gasteiger partial charge in [-0.25, -0.2) is 4.68 Å². The van der Waals surface area contributed by atoms with Gasteiger partial charge in [0.1, 0.15) is 12.4 Å². The first-order chi connectivity index (χ1) is 16.2. The maximum Gasteiger partial charge on any atom is 0.182 e. The number of aromatic nitrogens is 5. The zero-order valence-electron chi connectivity index (χ0n) is 20.9. The van der Waals surface area contributed by atoms with Crippen LogP contribution < -0.4 is 4.74 Å². The first-order valence-corrected chi connectivity index (χ1v) is 11.7. The van der Waals surface area contributed by atoms with Crippen LogP contribution in [0.5, 0.6) is 5.75 Å². The van der Waals surface area contributed by atoms with E-state index < -0.39 is 0 Å². The van der Waals surface area contributed by atoms with Crippen molar-refractivity contribution in [3.8, 4) is 17.1 Å². The van der Waals surface area contributed by atoms with Crippen LogP contribution in [0.3, 0.4) is 0 Å². The normalized spacial score (nSPS) is 13.6. The van der Waals surface area contributed by atoms with Crippen molar-refractivity contribution in [1.29, 1.82) is 0 Å². The number of nitrogens with zero attached hydrogens (tertiary/aromatic N) is 5. The molecular weight excluding hydrogens is 422 g/mol. The minimum absolute atomic E-state index is 0.0235. The zero-order valence-corrected chi connectivity index (χ0v) is 20.9. The van der Waals surface area contributed by atoms with Crippen LogP contribution in [0.4, 0.5) is 0 Å². The average molecular weight is 456 g/mol. The summed E-state index contributed by atoms with van der Waals surface area (Å²) in [5.41, 5.74) is 4.17. The van der Waals surface area contributed by atoms with E-state index in [-0.39, 0.29) is 16.9 Å². The summed E-state index contributed by atoms with van der Waals surface area (Å²) in [5, 5.41) is 12.2. The van der Waals surface area contributed by atoms with Gasteiger partial charge in [-0.05, 0) is 65.1 Å². The van der Waals surface area contributed by atoms with Gasteiger partial charge in [0.15, 0.2) is 5.82 Å². The molecule has 0 aliphatic carbocycles. The van der Waals surface area contributed by atoms with E-state index in [4.69, 9.17) is 4.74 Å². The summed E-state index contributed by atoms with van der Waals surface area (Å²) in [6.45, 7) is 13.8. The third kappa shape index (κ3) is 4.58. The summed E-state index contributed by atoms with van der Waals surface area (Å²) in [4.78, 5) is 4.32. The molecule has 4 rings (SSSR count). The fourth-order valence-electron chi connectivity index (χ4n) is 4.24. The number of rotatable bonds is 7. The van der Waals surface area contributed by atoms with Crippen molar-refractivity contribution in [2.45, 2.75) is 59.6 Å². The number of benzene rings is 2. The van der Waals surface area contributed by atoms with Gasteiger partial charge in [0, 0.05) is 17.2 Å². The molecule has 1 unspecified atom stereocenters. The molecule has 0 N–H and O–H groups in total. The maximum absolute atomic E-state index is 5.95. The molecule has 0 saturated carbocycles. The van der Waals surface area contributed by atoms with Crippen molar-refractivity contribution < 1.29 is 4.74 Å². The lowest BCUT2D eigenvalue weighted by Gasteiger charge is -2.43. The fourth-order valence-corrected chi connectivity index (χ4v) is 4.24. The molecular formula is C28H33N5O. The summed E-state index contributed by atoms with van der Waals surface area (Å²) < 4.78 is 7.80. The molecule has 0 bridgehead atoms. The first kappa shape index (κ1) is 23.6. The Kier molecular flexibility index (Phi) is 6.51. The molecule has 0 aliphatic heterocycles. The highest BCUT2D eigenvalue weighted by Gasteiger charge is 2.40. The highest BCUT2D eigenvalue weighted by Crippen LogP contribution is 2.47. The van der Waals surface area contributed by atoms with Crippen LogP contribution in [0, 0.1) is 5.41 Å². The average Bonchev–Trinajstić information content (AvgIpc) is 3.33. The minimum atomic E-state index is -0.213. The van der Waals surface area contributed by atoms with Crippen molar-refractivity contribution in [3.05, 3.63) is 89.7 Å². The molecule has 0 amide bonds. The van der Waals surface area contributed by atoms with Gasteiger partial charge in [-0.3, -0.25) is 4.98 Å². The molecule has 0 aliphatic rings. The number of ether oxygens (including phenoxy) is 1. The Morgan fingerprint density at radius 3 is 2.06 bits per heavy atom. The topological polar surface area (TPSA) is 65.7 Å². The second-order valence-corrected chi connectivity index (χ2v) is 10.1. The largest absolute Gasteiger partial charge is 0.487 e. The smallest absolute Gasteiger partial charge is 0.182 e. The van der Waals surface area contributed by atoms with E-state index >= 15 is 0 Å². The Morgan fingerprint density at radius 2 is 1.50 bits per heavy atom. The lowest BCUT2D eigenvalue weighted by atomic mass is 9.60. The van der Waals surface area contributed by atoms with Crippen LogP contribution in [-0.4, -0.2) is 25.2 Å². The van der Waals surface area contributed by atoms with Crippen LogP contribution in [0.15, 0.2) is 72.9 Å². The Balaban J connectivity index is 1.61. The van der Waals surface area contributed by atoms with Crippen molar-refractivity contribution >= 4 is 0 Å². The molecule has 6 heteroatoms. The second-order valence-electron chi connectivity index (χ2n) is 10.1. The third-order valence-electron chi connectivity index (χ3n) is 6.75. The van der Waals surface area contributed by atoms with Gasteiger partial charge < -0.3 is 4.74 Å². The molecule has 0 radical (unpaired) electrons. The number of hydrogen-bond acceptors (Lipinski definition) is 5. The quantitative estimate of drug-likeness (QED) is 0.330. The monoisotopic (exact) mass is 455 g/mol. The van der Waals surface area contributed by atoms with E-state index in [0.717, 1.165) is 22.8 Å². The van der Waals surface area contributed by atoms with E-state index in [1.165, 1.54) is 11.1 Å². The van der Waals surface area contributed by atoms with Crippen LogP contribution in [0.2, 0.25) is 0 Å². The summed E-state index contributed by atoms with van der Waals surface area (Å²) in [6.07, 6.45) is 1.78. The zero-order chi connectivity index (χ0) is 24.3. The SMILES string of the molecule is CC(C)n1nnnc1-c1ccc(C(C)(c2ccc(OCc3ccccn3)cc2)C(C)(C)C)cc1. The highest BCUT2D eigenvalue weighted by atomic mass is 16.5. The maximum atomic E-state index is 5.95. The molecule has 6 nitrogen and oxygen atoms in total. The van der Waals surface area contributed by atoms with Crippen molar-refractivity contribution in [1.82, 2.24) is 25.2 Å². The molecule has 176 valence electrons. The standard InChI is InChI=1S/C28H33N5O/c1-20(2)33-26(30-31-32-33)21-10-12-22(13-11-21)28(6,27(3,4)5)23-14-16-25(17-15-23)34-19-24-9-7-8-18-29-24/h7-18,20H,19H2,1-6H3. The molecule has 2 aromatic carbocycles. The van der Waals surface area contributed by atoms with Gasteiger partial charge in [0.25, 0.3) is 0 Å². The van der Waals surface area contributed by atoms with Crippen molar-refractivity contribution in [2.75, 3.05) is 0 Å². The summed E-state index contributed by atoms with van der Waals surface area (Å²) in [5.74, 6) is 1.62. The van der Waals surface area contributed by atoms with Crippen molar-refractivity contribution in [2.24, 2.45) is 5.41 Å². The first-order valence-electron chi connectivity index (χ1n) is 11.7. The molecule has 2 heterocycles. The Bertz CT molecular complexity index is 1210. The van der Waals surface area contributed by atoms with E-state index in [0.29, 0.717) is 6.61 Å². The predicted octanol–water partition coefficient (Wildman–Crippen LogP) is 6.25. The van der Waals surface area contributed by atoms with E-state index in [1.807, 2.05) is 35.0 Å². The van der Waals surface area contributed by atoms with Crippen LogP contribution >= 0.6 is 0 Å². The molecule has 34 heavy (non-hydrogen) atoms. The highest BCUT2D eigenvalue weighted by molar-refractivity contribution is 5.57. The van der Waals surface area contributed by atoms with E-state index in [9.17, 15) is 0 Å². The predicted molar refractivity (Wildman–Crippen MR) is 135 cm³/mol. The molecule has 4 aromatic rings. The Hall–Kier alpha value is -3.54. The molecule has 1 atom stereocenters.